The minimum absolute atomic E-state index is 0.186. The molecular weight excluding hydrogens is 426 g/mol. The Balaban J connectivity index is 1.50. The summed E-state index contributed by atoms with van der Waals surface area (Å²) in [5.74, 6) is 1.26. The highest BCUT2D eigenvalue weighted by molar-refractivity contribution is 6.33. The number of carbonyl (C=O) groups is 1. The van der Waals surface area contributed by atoms with Crippen molar-refractivity contribution < 1.29 is 9.53 Å². The molecule has 1 aromatic heterocycles. The molecule has 0 radical (unpaired) electrons. The normalized spacial score (nSPS) is 10.3. The molecule has 4 aromatic rings. The zero-order valence-corrected chi connectivity index (χ0v) is 17.9. The fourth-order valence-corrected chi connectivity index (χ4v) is 3.13. The summed E-state index contributed by atoms with van der Waals surface area (Å²) in [4.78, 5) is 21.1. The summed E-state index contributed by atoms with van der Waals surface area (Å²) in [6.45, 7) is 0. The number of methoxy groups -OCH3 is 1. The van der Waals surface area contributed by atoms with E-state index in [1.807, 2.05) is 60.7 Å². The van der Waals surface area contributed by atoms with E-state index >= 15 is 0 Å². The predicted octanol–water partition coefficient (Wildman–Crippen LogP) is 5.88. The Morgan fingerprint density at radius 2 is 1.66 bits per heavy atom. The number of aromatic nitrogens is 2. The molecule has 3 N–H and O–H groups in total. The van der Waals surface area contributed by atoms with E-state index in [1.165, 1.54) is 6.20 Å². The van der Waals surface area contributed by atoms with E-state index < -0.39 is 0 Å². The topological polar surface area (TPSA) is 88.2 Å². The Bertz CT molecular complexity index is 1230. The number of nitrogens with zero attached hydrogens (tertiary/aromatic N) is 2. The molecule has 160 valence electrons. The number of anilines is 5. The van der Waals surface area contributed by atoms with Crippen LogP contribution in [-0.2, 0) is 0 Å². The van der Waals surface area contributed by atoms with Gasteiger partial charge in [-0.05, 0) is 42.5 Å². The number of carbonyl (C=O) groups excluding carboxylic acids is 1. The molecule has 0 fully saturated rings. The van der Waals surface area contributed by atoms with E-state index in [0.29, 0.717) is 39.5 Å². The molecule has 0 spiro atoms. The van der Waals surface area contributed by atoms with Gasteiger partial charge in [-0.1, -0.05) is 48.0 Å². The molecule has 0 atom stereocenters. The van der Waals surface area contributed by atoms with Crippen molar-refractivity contribution in [1.29, 1.82) is 0 Å². The third-order valence-corrected chi connectivity index (χ3v) is 4.79. The SMILES string of the molecule is COc1ccccc1Nc1nc(Nc2cccc(NC(=O)c3ccccc3)c2)ncc1Cl. The highest BCUT2D eigenvalue weighted by atomic mass is 35.5. The molecule has 0 bridgehead atoms. The van der Waals surface area contributed by atoms with Gasteiger partial charge < -0.3 is 20.7 Å². The third-order valence-electron chi connectivity index (χ3n) is 4.52. The highest BCUT2D eigenvalue weighted by Crippen LogP contribution is 2.30. The molecule has 3 aromatic carbocycles. The Hall–Kier alpha value is -4.10. The number of benzene rings is 3. The van der Waals surface area contributed by atoms with Crippen molar-refractivity contribution >= 4 is 46.3 Å². The summed E-state index contributed by atoms with van der Waals surface area (Å²) in [5.41, 5.74) is 2.66. The van der Waals surface area contributed by atoms with Crippen molar-refractivity contribution in [2.75, 3.05) is 23.1 Å². The van der Waals surface area contributed by atoms with Crippen molar-refractivity contribution in [1.82, 2.24) is 9.97 Å². The Labute approximate surface area is 190 Å². The first-order valence-electron chi connectivity index (χ1n) is 9.78. The zero-order chi connectivity index (χ0) is 22.3. The van der Waals surface area contributed by atoms with Gasteiger partial charge in [0.15, 0.2) is 5.82 Å². The second-order valence-electron chi connectivity index (χ2n) is 6.74. The molecule has 32 heavy (non-hydrogen) atoms. The van der Waals surface area contributed by atoms with Crippen molar-refractivity contribution in [3.8, 4) is 5.75 Å². The lowest BCUT2D eigenvalue weighted by atomic mass is 10.2. The largest absolute Gasteiger partial charge is 0.495 e. The van der Waals surface area contributed by atoms with Gasteiger partial charge in [-0.15, -0.1) is 0 Å². The fourth-order valence-electron chi connectivity index (χ4n) is 2.99. The van der Waals surface area contributed by atoms with E-state index in [-0.39, 0.29) is 5.91 Å². The molecule has 1 amide bonds. The second-order valence-corrected chi connectivity index (χ2v) is 7.15. The van der Waals surface area contributed by atoms with Gasteiger partial charge in [-0.3, -0.25) is 4.79 Å². The number of nitrogens with one attached hydrogen (secondary N) is 3. The van der Waals surface area contributed by atoms with Crippen molar-refractivity contribution in [2.24, 2.45) is 0 Å². The van der Waals surface area contributed by atoms with Gasteiger partial charge in [0, 0.05) is 16.9 Å². The molecule has 0 unspecified atom stereocenters. The first-order chi connectivity index (χ1) is 15.6. The summed E-state index contributed by atoms with van der Waals surface area (Å²) < 4.78 is 5.36. The lowest BCUT2D eigenvalue weighted by Crippen LogP contribution is -2.11. The molecule has 0 aliphatic carbocycles. The molecule has 4 rings (SSSR count). The van der Waals surface area contributed by atoms with Gasteiger partial charge in [0.2, 0.25) is 5.95 Å². The van der Waals surface area contributed by atoms with Crippen LogP contribution in [0.4, 0.5) is 28.8 Å². The van der Waals surface area contributed by atoms with Crippen LogP contribution in [-0.4, -0.2) is 23.0 Å². The van der Waals surface area contributed by atoms with Crippen molar-refractivity contribution in [3.05, 3.63) is 95.6 Å². The van der Waals surface area contributed by atoms with Gasteiger partial charge >= 0.3 is 0 Å². The van der Waals surface area contributed by atoms with Crippen LogP contribution >= 0.6 is 11.6 Å². The lowest BCUT2D eigenvalue weighted by molar-refractivity contribution is 0.102. The molecule has 7 nitrogen and oxygen atoms in total. The first-order valence-corrected chi connectivity index (χ1v) is 10.2. The van der Waals surface area contributed by atoms with Crippen LogP contribution in [0.5, 0.6) is 5.75 Å². The Kier molecular flexibility index (Phi) is 6.48. The number of rotatable bonds is 7. The average molecular weight is 446 g/mol. The Morgan fingerprint density at radius 1 is 0.906 bits per heavy atom. The predicted molar refractivity (Wildman–Crippen MR) is 127 cm³/mol. The van der Waals surface area contributed by atoms with Gasteiger partial charge in [-0.2, -0.15) is 4.98 Å². The summed E-state index contributed by atoms with van der Waals surface area (Å²) >= 11 is 6.28. The van der Waals surface area contributed by atoms with Crippen molar-refractivity contribution in [3.63, 3.8) is 0 Å². The van der Waals surface area contributed by atoms with E-state index in [9.17, 15) is 4.79 Å². The number of hydrogen-bond donors (Lipinski definition) is 3. The maximum Gasteiger partial charge on any atom is 0.255 e. The molecule has 0 aliphatic heterocycles. The van der Waals surface area contributed by atoms with Gasteiger partial charge in [0.05, 0.1) is 19.0 Å². The summed E-state index contributed by atoms with van der Waals surface area (Å²) in [6.07, 6.45) is 1.51. The minimum Gasteiger partial charge on any atom is -0.495 e. The van der Waals surface area contributed by atoms with Crippen LogP contribution in [0.1, 0.15) is 10.4 Å². The molecule has 1 heterocycles. The molecule has 0 saturated carbocycles. The quantitative estimate of drug-likeness (QED) is 0.329. The third kappa shape index (κ3) is 5.14. The maximum absolute atomic E-state index is 12.4. The first kappa shape index (κ1) is 21.1. The van der Waals surface area contributed by atoms with E-state index in [2.05, 4.69) is 25.9 Å². The monoisotopic (exact) mass is 445 g/mol. The van der Waals surface area contributed by atoms with E-state index in [1.54, 1.807) is 25.3 Å². The molecule has 0 saturated heterocycles. The summed E-state index contributed by atoms with van der Waals surface area (Å²) in [6, 6.07) is 23.8. The number of hydrogen-bond acceptors (Lipinski definition) is 6. The smallest absolute Gasteiger partial charge is 0.255 e. The standard InChI is InChI=1S/C24H20ClN5O2/c1-32-21-13-6-5-12-20(21)29-22-19(25)15-26-24(30-22)28-18-11-7-10-17(14-18)27-23(31)16-8-3-2-4-9-16/h2-15H,1H3,(H,27,31)(H2,26,28,29,30). The summed E-state index contributed by atoms with van der Waals surface area (Å²) in [7, 11) is 1.60. The van der Waals surface area contributed by atoms with Crippen LogP contribution in [0.25, 0.3) is 0 Å². The van der Waals surface area contributed by atoms with Gasteiger partial charge in [0.1, 0.15) is 10.8 Å². The van der Waals surface area contributed by atoms with Crippen LogP contribution in [0.2, 0.25) is 5.02 Å². The van der Waals surface area contributed by atoms with Crippen LogP contribution < -0.4 is 20.7 Å². The molecule has 0 aliphatic rings. The van der Waals surface area contributed by atoms with Gasteiger partial charge in [-0.25, -0.2) is 4.98 Å². The van der Waals surface area contributed by atoms with E-state index in [0.717, 1.165) is 5.69 Å². The van der Waals surface area contributed by atoms with E-state index in [4.69, 9.17) is 16.3 Å². The van der Waals surface area contributed by atoms with Crippen LogP contribution in [0.15, 0.2) is 85.1 Å². The maximum atomic E-state index is 12.4. The lowest BCUT2D eigenvalue weighted by Gasteiger charge is -2.13. The van der Waals surface area contributed by atoms with Crippen LogP contribution in [0.3, 0.4) is 0 Å². The van der Waals surface area contributed by atoms with Gasteiger partial charge in [0.25, 0.3) is 5.91 Å². The second kappa shape index (κ2) is 9.80. The number of amides is 1. The number of para-hydroxylation sites is 2. The molecular formula is C24H20ClN5O2. The minimum atomic E-state index is -0.186. The zero-order valence-electron chi connectivity index (χ0n) is 17.2. The number of ether oxygens (including phenoxy) is 1. The van der Waals surface area contributed by atoms with Crippen LogP contribution in [0, 0.1) is 0 Å². The highest BCUT2D eigenvalue weighted by Gasteiger charge is 2.10. The number of halogens is 1. The van der Waals surface area contributed by atoms with Crippen molar-refractivity contribution in [2.45, 2.75) is 0 Å². The molecule has 8 heteroatoms. The Morgan fingerprint density at radius 3 is 2.47 bits per heavy atom. The summed E-state index contributed by atoms with van der Waals surface area (Å²) in [5, 5.41) is 9.55. The average Bonchev–Trinajstić information content (AvgIpc) is 2.82. The fraction of sp³-hybridized carbons (Fsp3) is 0.0417.